The maximum atomic E-state index is 12.0. The standard InChI is InChI=1S/C12H8ClN3OS/c1-7-3-2-4-8(5-7)11(17)15-12-9(6-14)10(13)16-18-12/h2-5H,1H3,(H,15,17). The Balaban J connectivity index is 2.25. The maximum Gasteiger partial charge on any atom is 0.256 e. The number of amides is 1. The second-order valence-corrected chi connectivity index (χ2v) is 4.74. The van der Waals surface area contributed by atoms with Crippen LogP contribution in [0.3, 0.4) is 0 Å². The summed E-state index contributed by atoms with van der Waals surface area (Å²) in [5.41, 5.74) is 1.72. The molecule has 0 bridgehead atoms. The number of nitriles is 1. The fraction of sp³-hybridized carbons (Fsp3) is 0.0833. The van der Waals surface area contributed by atoms with Gasteiger partial charge in [-0.15, -0.1) is 0 Å². The molecule has 0 aliphatic heterocycles. The summed E-state index contributed by atoms with van der Waals surface area (Å²) in [4.78, 5) is 12.0. The molecular weight excluding hydrogens is 270 g/mol. The third-order valence-corrected chi connectivity index (χ3v) is 3.41. The largest absolute Gasteiger partial charge is 0.311 e. The fourth-order valence-electron chi connectivity index (χ4n) is 1.41. The number of nitrogens with zero attached hydrogens (tertiary/aromatic N) is 2. The van der Waals surface area contributed by atoms with E-state index in [2.05, 4.69) is 9.69 Å². The van der Waals surface area contributed by atoms with Crippen LogP contribution in [0.25, 0.3) is 0 Å². The zero-order chi connectivity index (χ0) is 13.1. The molecule has 0 saturated carbocycles. The quantitative estimate of drug-likeness (QED) is 0.916. The number of aromatic nitrogens is 1. The lowest BCUT2D eigenvalue weighted by atomic mass is 10.1. The molecule has 0 atom stereocenters. The van der Waals surface area contributed by atoms with Gasteiger partial charge in [0.2, 0.25) is 0 Å². The van der Waals surface area contributed by atoms with Crippen molar-refractivity contribution in [3.8, 4) is 6.07 Å². The summed E-state index contributed by atoms with van der Waals surface area (Å²) in [6, 6.07) is 9.09. The van der Waals surface area contributed by atoms with Gasteiger partial charge < -0.3 is 5.32 Å². The molecule has 0 aliphatic rings. The van der Waals surface area contributed by atoms with E-state index in [0.29, 0.717) is 10.6 Å². The van der Waals surface area contributed by atoms with Crippen molar-refractivity contribution in [2.45, 2.75) is 6.92 Å². The zero-order valence-electron chi connectivity index (χ0n) is 9.40. The lowest BCUT2D eigenvalue weighted by Crippen LogP contribution is -2.11. The minimum Gasteiger partial charge on any atom is -0.311 e. The highest BCUT2D eigenvalue weighted by Crippen LogP contribution is 2.27. The highest BCUT2D eigenvalue weighted by atomic mass is 35.5. The van der Waals surface area contributed by atoms with Crippen LogP contribution in [0.5, 0.6) is 0 Å². The van der Waals surface area contributed by atoms with E-state index < -0.39 is 0 Å². The van der Waals surface area contributed by atoms with E-state index in [9.17, 15) is 4.79 Å². The summed E-state index contributed by atoms with van der Waals surface area (Å²) in [6.45, 7) is 1.90. The van der Waals surface area contributed by atoms with E-state index in [1.807, 2.05) is 19.1 Å². The Morgan fingerprint density at radius 2 is 2.33 bits per heavy atom. The van der Waals surface area contributed by atoms with Crippen LogP contribution in [0.15, 0.2) is 24.3 Å². The minimum atomic E-state index is -0.282. The summed E-state index contributed by atoms with van der Waals surface area (Å²) in [5.74, 6) is -0.282. The highest BCUT2D eigenvalue weighted by Gasteiger charge is 2.15. The van der Waals surface area contributed by atoms with Gasteiger partial charge >= 0.3 is 0 Å². The predicted molar refractivity (Wildman–Crippen MR) is 71.0 cm³/mol. The number of benzene rings is 1. The molecule has 90 valence electrons. The Morgan fingerprint density at radius 1 is 1.56 bits per heavy atom. The van der Waals surface area contributed by atoms with Crippen molar-refractivity contribution in [1.29, 1.82) is 5.26 Å². The van der Waals surface area contributed by atoms with Gasteiger partial charge in [-0.05, 0) is 30.6 Å². The van der Waals surface area contributed by atoms with Gasteiger partial charge in [0.05, 0.1) is 0 Å². The first-order valence-corrected chi connectivity index (χ1v) is 6.20. The van der Waals surface area contributed by atoms with Crippen LogP contribution in [0.4, 0.5) is 5.00 Å². The monoisotopic (exact) mass is 277 g/mol. The van der Waals surface area contributed by atoms with Gasteiger partial charge in [0.25, 0.3) is 5.91 Å². The number of hydrogen-bond acceptors (Lipinski definition) is 4. The summed E-state index contributed by atoms with van der Waals surface area (Å²) in [5, 5.41) is 12.0. The summed E-state index contributed by atoms with van der Waals surface area (Å²) >= 11 is 6.72. The molecule has 0 unspecified atom stereocenters. The molecule has 0 saturated heterocycles. The van der Waals surface area contributed by atoms with Gasteiger partial charge in [-0.3, -0.25) is 4.79 Å². The van der Waals surface area contributed by atoms with Crippen molar-refractivity contribution in [2.24, 2.45) is 0 Å². The van der Waals surface area contributed by atoms with Crippen LogP contribution in [-0.4, -0.2) is 10.3 Å². The third kappa shape index (κ3) is 2.50. The third-order valence-electron chi connectivity index (χ3n) is 2.27. The number of anilines is 1. The lowest BCUT2D eigenvalue weighted by molar-refractivity contribution is 0.102. The number of rotatable bonds is 2. The molecule has 1 N–H and O–H groups in total. The van der Waals surface area contributed by atoms with Gasteiger partial charge in [-0.2, -0.15) is 9.64 Å². The van der Waals surface area contributed by atoms with E-state index in [-0.39, 0.29) is 16.6 Å². The smallest absolute Gasteiger partial charge is 0.256 e. The Hall–Kier alpha value is -1.90. The molecule has 2 rings (SSSR count). The Bertz CT molecular complexity index is 645. The minimum absolute atomic E-state index is 0.113. The zero-order valence-corrected chi connectivity index (χ0v) is 11.0. The van der Waals surface area contributed by atoms with Gasteiger partial charge in [-0.1, -0.05) is 29.3 Å². The van der Waals surface area contributed by atoms with Crippen LogP contribution in [-0.2, 0) is 0 Å². The molecule has 0 aliphatic carbocycles. The molecule has 1 aromatic heterocycles. The van der Waals surface area contributed by atoms with E-state index in [1.54, 1.807) is 18.2 Å². The number of carbonyl (C=O) groups excluding carboxylic acids is 1. The predicted octanol–water partition coefficient (Wildman–Crippen LogP) is 3.23. The van der Waals surface area contributed by atoms with Crippen molar-refractivity contribution in [3.05, 3.63) is 46.1 Å². The van der Waals surface area contributed by atoms with Crippen LogP contribution < -0.4 is 5.32 Å². The first kappa shape index (κ1) is 12.6. The molecule has 1 aromatic carbocycles. The summed E-state index contributed by atoms with van der Waals surface area (Å²) in [6.07, 6.45) is 0. The second-order valence-electron chi connectivity index (χ2n) is 3.61. The Kier molecular flexibility index (Phi) is 3.60. The molecule has 1 amide bonds. The van der Waals surface area contributed by atoms with Crippen LogP contribution >= 0.6 is 23.1 Å². The van der Waals surface area contributed by atoms with Crippen molar-refractivity contribution in [2.75, 3.05) is 5.32 Å². The molecule has 18 heavy (non-hydrogen) atoms. The lowest BCUT2D eigenvalue weighted by Gasteiger charge is -2.03. The van der Waals surface area contributed by atoms with Crippen LogP contribution in [0.1, 0.15) is 21.5 Å². The first-order chi connectivity index (χ1) is 8.61. The van der Waals surface area contributed by atoms with E-state index in [1.165, 1.54) is 0 Å². The van der Waals surface area contributed by atoms with E-state index >= 15 is 0 Å². The molecule has 0 radical (unpaired) electrons. The van der Waals surface area contributed by atoms with Gasteiger partial charge in [0.15, 0.2) is 5.15 Å². The molecule has 0 fully saturated rings. The van der Waals surface area contributed by atoms with Gasteiger partial charge in [0.1, 0.15) is 16.6 Å². The first-order valence-electron chi connectivity index (χ1n) is 5.05. The SMILES string of the molecule is Cc1cccc(C(=O)Nc2snc(Cl)c2C#N)c1. The Labute approximate surface area is 113 Å². The van der Waals surface area contributed by atoms with Crippen LogP contribution in [0.2, 0.25) is 5.15 Å². The van der Waals surface area contributed by atoms with Crippen LogP contribution in [0, 0.1) is 18.3 Å². The van der Waals surface area contributed by atoms with Crippen molar-refractivity contribution < 1.29 is 4.79 Å². The van der Waals surface area contributed by atoms with Crippen molar-refractivity contribution in [3.63, 3.8) is 0 Å². The number of halogens is 1. The van der Waals surface area contributed by atoms with E-state index in [4.69, 9.17) is 16.9 Å². The average molecular weight is 278 g/mol. The summed E-state index contributed by atoms with van der Waals surface area (Å²) in [7, 11) is 0. The van der Waals surface area contributed by atoms with Gasteiger partial charge in [-0.25, -0.2) is 0 Å². The fourth-order valence-corrected chi connectivity index (χ4v) is 2.35. The summed E-state index contributed by atoms with van der Waals surface area (Å²) < 4.78 is 3.82. The number of aryl methyl sites for hydroxylation is 1. The van der Waals surface area contributed by atoms with Crippen molar-refractivity contribution >= 4 is 34.0 Å². The average Bonchev–Trinajstić information content (AvgIpc) is 2.69. The maximum absolute atomic E-state index is 12.0. The molecule has 1 heterocycles. The molecule has 4 nitrogen and oxygen atoms in total. The highest BCUT2D eigenvalue weighted by molar-refractivity contribution is 7.11. The number of carbonyl (C=O) groups is 1. The normalized spacial score (nSPS) is 9.83. The van der Waals surface area contributed by atoms with Crippen molar-refractivity contribution in [1.82, 2.24) is 4.37 Å². The molecule has 2 aromatic rings. The Morgan fingerprint density at radius 3 is 3.00 bits per heavy atom. The molecule has 6 heteroatoms. The number of nitrogens with one attached hydrogen (secondary N) is 1. The van der Waals surface area contributed by atoms with E-state index in [0.717, 1.165) is 17.1 Å². The topological polar surface area (TPSA) is 65.8 Å². The second kappa shape index (κ2) is 5.17. The van der Waals surface area contributed by atoms with Gasteiger partial charge in [0, 0.05) is 5.56 Å². The molecular formula is C12H8ClN3OS. The number of hydrogen-bond donors (Lipinski definition) is 1. The molecule has 0 spiro atoms.